The van der Waals surface area contributed by atoms with Crippen LogP contribution >= 0.6 is 7.29 Å². The first-order valence-electron chi connectivity index (χ1n) is 7.29. The molecule has 1 rings (SSSR count). The molecule has 0 aliphatic rings. The molecule has 1 atom stereocenters. The van der Waals surface area contributed by atoms with Gasteiger partial charge in [-0.2, -0.15) is 0 Å². The van der Waals surface area contributed by atoms with Gasteiger partial charge in [-0.05, 0) is 12.8 Å². The summed E-state index contributed by atoms with van der Waals surface area (Å²) >= 11 is 0. The summed E-state index contributed by atoms with van der Waals surface area (Å²) in [6, 6.07) is 10.0. The summed E-state index contributed by atoms with van der Waals surface area (Å²) in [7, 11) is -2.57. The molecule has 0 radical (unpaired) electrons. The summed E-state index contributed by atoms with van der Waals surface area (Å²) in [5, 5.41) is 0.753. The van der Waals surface area contributed by atoms with Gasteiger partial charge in [0.2, 0.25) is 0 Å². The lowest BCUT2D eigenvalue weighted by atomic mass is 10.3. The topological polar surface area (TPSA) is 20.3 Å². The highest BCUT2D eigenvalue weighted by molar-refractivity contribution is 7.70. The van der Waals surface area contributed by atoms with E-state index in [1.807, 2.05) is 30.3 Å². The number of rotatable bonds is 6. The Balaban J connectivity index is 3.31. The van der Waals surface area contributed by atoms with Gasteiger partial charge in [0.05, 0.1) is 0 Å². The number of hydrogen-bond acceptors (Lipinski definition) is 1. The van der Waals surface area contributed by atoms with E-state index < -0.39 is 7.29 Å². The normalized spacial score (nSPS) is 15.5. The molecule has 108 valence electrons. The molecule has 1 aromatic rings. The fourth-order valence-electron chi connectivity index (χ4n) is 2.51. The summed E-state index contributed by atoms with van der Waals surface area (Å²) in [5.74, 6) is 0. The van der Waals surface area contributed by atoms with Crippen LogP contribution in [0.5, 0.6) is 0 Å². The average Bonchev–Trinajstić information content (AvgIpc) is 2.37. The van der Waals surface area contributed by atoms with Crippen molar-refractivity contribution in [3.63, 3.8) is 0 Å². The van der Waals surface area contributed by atoms with Crippen molar-refractivity contribution in [3.8, 4) is 0 Å². The molecule has 3 heteroatoms. The predicted octanol–water partition coefficient (Wildman–Crippen LogP) is 4.51. The van der Waals surface area contributed by atoms with E-state index in [1.54, 1.807) is 0 Å². The second-order valence-corrected chi connectivity index (χ2v) is 9.61. The molecule has 1 unspecified atom stereocenters. The third-order valence-corrected chi connectivity index (χ3v) is 7.39. The number of hydrogen-bond donors (Lipinski definition) is 0. The lowest BCUT2D eigenvalue weighted by molar-refractivity contribution is 0.397. The largest absolute Gasteiger partial charge is 0.301 e. The first kappa shape index (κ1) is 16.5. The Morgan fingerprint density at radius 1 is 1.00 bits per heavy atom. The monoisotopic (exact) mass is 281 g/mol. The maximum Gasteiger partial charge on any atom is 0.183 e. The van der Waals surface area contributed by atoms with Gasteiger partial charge < -0.3 is 4.57 Å². The molecule has 19 heavy (non-hydrogen) atoms. The Labute approximate surface area is 118 Å². The Morgan fingerprint density at radius 3 is 1.84 bits per heavy atom. The van der Waals surface area contributed by atoms with Crippen LogP contribution in [0.2, 0.25) is 0 Å². The summed E-state index contributed by atoms with van der Waals surface area (Å²) in [6.45, 7) is 12.4. The quantitative estimate of drug-likeness (QED) is 0.715. The molecule has 0 aliphatic carbocycles. The van der Waals surface area contributed by atoms with Gasteiger partial charge in [-0.3, -0.25) is 0 Å². The molecule has 0 aliphatic heterocycles. The van der Waals surface area contributed by atoms with Crippen LogP contribution in [-0.4, -0.2) is 22.9 Å². The van der Waals surface area contributed by atoms with Crippen molar-refractivity contribution in [1.82, 2.24) is 4.67 Å². The van der Waals surface area contributed by atoms with Crippen molar-refractivity contribution in [1.29, 1.82) is 0 Å². The van der Waals surface area contributed by atoms with Gasteiger partial charge in [-0.15, -0.1) is 0 Å². The molecular formula is C16H28NOP. The lowest BCUT2D eigenvalue weighted by Gasteiger charge is -2.40. The van der Waals surface area contributed by atoms with Crippen LogP contribution < -0.4 is 5.30 Å². The molecule has 2 nitrogen and oxygen atoms in total. The lowest BCUT2D eigenvalue weighted by Crippen LogP contribution is -2.37. The zero-order chi connectivity index (χ0) is 14.5. The van der Waals surface area contributed by atoms with Crippen LogP contribution in [-0.2, 0) is 4.57 Å². The third-order valence-electron chi connectivity index (χ3n) is 3.38. The molecular weight excluding hydrogens is 253 g/mol. The van der Waals surface area contributed by atoms with E-state index in [1.165, 1.54) is 0 Å². The van der Waals surface area contributed by atoms with Crippen molar-refractivity contribution in [2.24, 2.45) is 0 Å². The molecule has 0 fully saturated rings. The average molecular weight is 281 g/mol. The van der Waals surface area contributed by atoms with Crippen molar-refractivity contribution in [2.75, 3.05) is 13.1 Å². The second kappa shape index (κ2) is 6.72. The predicted molar refractivity (Wildman–Crippen MR) is 85.6 cm³/mol. The first-order valence-corrected chi connectivity index (χ1v) is 8.95. The summed E-state index contributed by atoms with van der Waals surface area (Å²) in [6.07, 6.45) is 2.07. The summed E-state index contributed by atoms with van der Waals surface area (Å²) < 4.78 is 16.1. The van der Waals surface area contributed by atoms with E-state index >= 15 is 0 Å². The highest BCUT2D eigenvalue weighted by atomic mass is 31.2. The van der Waals surface area contributed by atoms with Crippen LogP contribution in [0.15, 0.2) is 30.3 Å². The number of nitrogens with zero attached hydrogens (tertiary/aromatic N) is 1. The van der Waals surface area contributed by atoms with Crippen molar-refractivity contribution in [3.05, 3.63) is 30.3 Å². The van der Waals surface area contributed by atoms with E-state index in [2.05, 4.69) is 39.3 Å². The van der Waals surface area contributed by atoms with Gasteiger partial charge in [0.25, 0.3) is 0 Å². The van der Waals surface area contributed by atoms with Gasteiger partial charge >= 0.3 is 0 Å². The fraction of sp³-hybridized carbons (Fsp3) is 0.625. The first-order chi connectivity index (χ1) is 8.87. The summed E-state index contributed by atoms with van der Waals surface area (Å²) in [5.41, 5.74) is 0. The molecule has 0 heterocycles. The van der Waals surface area contributed by atoms with E-state index in [9.17, 15) is 4.57 Å². The smallest absolute Gasteiger partial charge is 0.183 e. The number of benzene rings is 1. The van der Waals surface area contributed by atoms with Crippen LogP contribution in [0.3, 0.4) is 0 Å². The van der Waals surface area contributed by atoms with Gasteiger partial charge in [0.1, 0.15) is 0 Å². The second-order valence-electron chi connectivity index (χ2n) is 6.04. The van der Waals surface area contributed by atoms with Crippen molar-refractivity contribution < 1.29 is 4.57 Å². The van der Waals surface area contributed by atoms with Gasteiger partial charge in [-0.25, -0.2) is 4.67 Å². The van der Waals surface area contributed by atoms with E-state index in [4.69, 9.17) is 0 Å². The highest BCUT2D eigenvalue weighted by Crippen LogP contribution is 2.59. The zero-order valence-electron chi connectivity index (χ0n) is 13.0. The SMILES string of the molecule is CCCN(CCC)P(=O)(c1ccccc1)C(C)(C)C. The maximum atomic E-state index is 13.8. The molecule has 0 aromatic heterocycles. The molecule has 0 N–H and O–H groups in total. The standard InChI is InChI=1S/C16H28NOP/c1-6-13-17(14-7-2)19(18,16(3,4)5)15-11-9-8-10-12-15/h8-12H,6-7,13-14H2,1-5H3. The Morgan fingerprint density at radius 2 is 1.47 bits per heavy atom. The van der Waals surface area contributed by atoms with Gasteiger partial charge in [0, 0.05) is 23.6 Å². The van der Waals surface area contributed by atoms with Crippen molar-refractivity contribution in [2.45, 2.75) is 52.6 Å². The van der Waals surface area contributed by atoms with Crippen LogP contribution in [0, 0.1) is 0 Å². The van der Waals surface area contributed by atoms with Crippen LogP contribution in [0.4, 0.5) is 0 Å². The summed E-state index contributed by atoms with van der Waals surface area (Å²) in [4.78, 5) is 0. The highest BCUT2D eigenvalue weighted by Gasteiger charge is 2.42. The third kappa shape index (κ3) is 3.49. The van der Waals surface area contributed by atoms with Gasteiger partial charge in [0.15, 0.2) is 7.29 Å². The molecule has 0 saturated carbocycles. The van der Waals surface area contributed by atoms with E-state index in [-0.39, 0.29) is 5.16 Å². The molecule has 0 saturated heterocycles. The van der Waals surface area contributed by atoms with Crippen LogP contribution in [0.25, 0.3) is 0 Å². The van der Waals surface area contributed by atoms with Gasteiger partial charge in [-0.1, -0.05) is 65.0 Å². The van der Waals surface area contributed by atoms with Crippen LogP contribution in [0.1, 0.15) is 47.5 Å². The molecule has 0 bridgehead atoms. The molecule has 0 spiro atoms. The maximum absolute atomic E-state index is 13.8. The minimum atomic E-state index is -2.57. The minimum Gasteiger partial charge on any atom is -0.301 e. The van der Waals surface area contributed by atoms with E-state index in [0.29, 0.717) is 0 Å². The van der Waals surface area contributed by atoms with Crippen molar-refractivity contribution >= 4 is 12.6 Å². The zero-order valence-corrected chi connectivity index (χ0v) is 13.9. The Hall–Kier alpha value is -0.590. The molecule has 0 amide bonds. The van der Waals surface area contributed by atoms with E-state index in [0.717, 1.165) is 31.2 Å². The minimum absolute atomic E-state index is 0.237. The molecule has 1 aromatic carbocycles. The Kier molecular flexibility index (Phi) is 5.82. The fourth-order valence-corrected chi connectivity index (χ4v) is 6.00. The Bertz CT molecular complexity index is 416.